The largest absolute Gasteiger partial charge is 0.493 e. The second-order valence-corrected chi connectivity index (χ2v) is 7.62. The van der Waals surface area contributed by atoms with Crippen molar-refractivity contribution in [1.82, 2.24) is 10.3 Å². The van der Waals surface area contributed by atoms with Crippen LogP contribution in [0.25, 0.3) is 11.3 Å². The van der Waals surface area contributed by atoms with Crippen LogP contribution in [-0.4, -0.2) is 29.9 Å². The lowest BCUT2D eigenvalue weighted by molar-refractivity contribution is -0.137. The van der Waals surface area contributed by atoms with Gasteiger partial charge in [0.1, 0.15) is 5.75 Å². The molecule has 10 heteroatoms. The number of nitrogens with one attached hydrogen (secondary N) is 2. The number of fused-ring (bicyclic) bond motifs is 1. The fourth-order valence-corrected chi connectivity index (χ4v) is 3.78. The Bertz CT molecular complexity index is 1130. The van der Waals surface area contributed by atoms with Crippen LogP contribution in [-0.2, 0) is 17.4 Å². The number of aromatic nitrogens is 1. The summed E-state index contributed by atoms with van der Waals surface area (Å²) in [4.78, 5) is 28.5. The molecule has 0 radical (unpaired) electrons. The maximum atomic E-state index is 12.6. The van der Waals surface area contributed by atoms with E-state index in [0.29, 0.717) is 17.4 Å². The number of carbonyl (C=O) groups is 2. The van der Waals surface area contributed by atoms with E-state index in [4.69, 9.17) is 4.74 Å². The second kappa shape index (κ2) is 8.38. The number of amides is 2. The Morgan fingerprint density at radius 3 is 2.65 bits per heavy atom. The molecule has 0 saturated carbocycles. The topological polar surface area (TPSA) is 80.3 Å². The van der Waals surface area contributed by atoms with Gasteiger partial charge in [0.05, 0.1) is 24.4 Å². The fraction of sp³-hybridized carbons (Fsp3) is 0.190. The van der Waals surface area contributed by atoms with Crippen molar-refractivity contribution >= 4 is 28.3 Å². The van der Waals surface area contributed by atoms with Crippen LogP contribution in [0.1, 0.15) is 21.5 Å². The Hall–Kier alpha value is -3.40. The molecule has 3 aromatic rings. The number of ether oxygens (including phenoxy) is 1. The molecule has 0 bridgehead atoms. The Morgan fingerprint density at radius 1 is 1.13 bits per heavy atom. The quantitative estimate of drug-likeness (QED) is 0.616. The van der Waals surface area contributed by atoms with Crippen molar-refractivity contribution in [3.05, 3.63) is 64.5 Å². The molecule has 2 amide bonds. The molecule has 0 spiro atoms. The third kappa shape index (κ3) is 4.85. The third-order valence-corrected chi connectivity index (χ3v) is 5.38. The molecule has 0 fully saturated rings. The van der Waals surface area contributed by atoms with E-state index in [0.717, 1.165) is 47.6 Å². The molecule has 1 aliphatic heterocycles. The Balaban J connectivity index is 1.32. The van der Waals surface area contributed by atoms with Crippen molar-refractivity contribution in [3.63, 3.8) is 0 Å². The fourth-order valence-electron chi connectivity index (χ4n) is 3.05. The summed E-state index contributed by atoms with van der Waals surface area (Å²) >= 11 is 1.25. The molecule has 31 heavy (non-hydrogen) atoms. The van der Waals surface area contributed by atoms with Gasteiger partial charge in [0, 0.05) is 22.9 Å². The first-order chi connectivity index (χ1) is 14.8. The van der Waals surface area contributed by atoms with E-state index in [-0.39, 0.29) is 12.1 Å². The molecular formula is C21H16F3N3O3S. The normalized spacial score (nSPS) is 12.7. The molecule has 0 atom stereocenters. The standard InChI is InChI=1S/C21H16F3N3O3S/c22-21(23,24)15-4-1-12(2-5-15)19(29)25-10-18(28)27-20-26-16(11-31-20)13-3-6-17-14(9-13)7-8-30-17/h1-6,9,11H,7-8,10H2,(H,25,29)(H,26,27,28). The molecule has 0 aliphatic carbocycles. The smallest absolute Gasteiger partial charge is 0.416 e. The Labute approximate surface area is 179 Å². The molecule has 4 rings (SSSR count). The summed E-state index contributed by atoms with van der Waals surface area (Å²) in [6, 6.07) is 9.55. The van der Waals surface area contributed by atoms with Gasteiger partial charge in [0.2, 0.25) is 5.91 Å². The second-order valence-electron chi connectivity index (χ2n) is 6.76. The average molecular weight is 447 g/mol. The molecule has 2 heterocycles. The highest BCUT2D eigenvalue weighted by atomic mass is 32.1. The zero-order chi connectivity index (χ0) is 22.0. The molecule has 1 aromatic heterocycles. The van der Waals surface area contributed by atoms with Gasteiger partial charge in [0.25, 0.3) is 5.91 Å². The molecule has 160 valence electrons. The number of benzene rings is 2. The minimum Gasteiger partial charge on any atom is -0.493 e. The summed E-state index contributed by atoms with van der Waals surface area (Å²) < 4.78 is 43.2. The minimum absolute atomic E-state index is 0.0259. The number of halogens is 3. The summed E-state index contributed by atoms with van der Waals surface area (Å²) in [5, 5.41) is 7.16. The highest BCUT2D eigenvalue weighted by Crippen LogP contribution is 2.32. The van der Waals surface area contributed by atoms with Crippen molar-refractivity contribution in [2.45, 2.75) is 12.6 Å². The predicted molar refractivity (Wildman–Crippen MR) is 109 cm³/mol. The zero-order valence-corrected chi connectivity index (χ0v) is 16.8. The van der Waals surface area contributed by atoms with Gasteiger partial charge in [0.15, 0.2) is 5.13 Å². The van der Waals surface area contributed by atoms with Gasteiger partial charge < -0.3 is 15.4 Å². The van der Waals surface area contributed by atoms with E-state index in [1.54, 1.807) is 0 Å². The number of hydrogen-bond donors (Lipinski definition) is 2. The molecular weight excluding hydrogens is 431 g/mol. The van der Waals surface area contributed by atoms with Crippen molar-refractivity contribution in [2.24, 2.45) is 0 Å². The van der Waals surface area contributed by atoms with Crippen LogP contribution in [0, 0.1) is 0 Å². The molecule has 2 N–H and O–H groups in total. The highest BCUT2D eigenvalue weighted by Gasteiger charge is 2.30. The van der Waals surface area contributed by atoms with Gasteiger partial charge >= 0.3 is 6.18 Å². The van der Waals surface area contributed by atoms with Crippen LogP contribution < -0.4 is 15.4 Å². The van der Waals surface area contributed by atoms with Gasteiger partial charge in [-0.1, -0.05) is 0 Å². The number of thiazole rings is 1. The van der Waals surface area contributed by atoms with Crippen LogP contribution in [0.3, 0.4) is 0 Å². The molecule has 0 unspecified atom stereocenters. The van der Waals surface area contributed by atoms with E-state index in [9.17, 15) is 22.8 Å². The van der Waals surface area contributed by atoms with Crippen LogP contribution in [0.4, 0.5) is 18.3 Å². The first-order valence-corrected chi connectivity index (χ1v) is 10.1. The first-order valence-electron chi connectivity index (χ1n) is 9.26. The number of anilines is 1. The molecule has 1 aliphatic rings. The predicted octanol–water partition coefficient (Wildman–Crippen LogP) is 4.13. The van der Waals surface area contributed by atoms with E-state index in [1.165, 1.54) is 11.3 Å². The monoisotopic (exact) mass is 447 g/mol. The van der Waals surface area contributed by atoms with E-state index in [1.807, 2.05) is 23.6 Å². The van der Waals surface area contributed by atoms with Gasteiger partial charge in [-0.25, -0.2) is 4.98 Å². The summed E-state index contributed by atoms with van der Waals surface area (Å²) in [7, 11) is 0. The first kappa shape index (κ1) is 20.9. The molecule has 2 aromatic carbocycles. The van der Waals surface area contributed by atoms with Gasteiger partial charge in [-0.2, -0.15) is 13.2 Å². The highest BCUT2D eigenvalue weighted by molar-refractivity contribution is 7.14. The van der Waals surface area contributed by atoms with Crippen LogP contribution in [0.15, 0.2) is 47.8 Å². The van der Waals surface area contributed by atoms with Crippen molar-refractivity contribution in [2.75, 3.05) is 18.5 Å². The molecule has 0 saturated heterocycles. The van der Waals surface area contributed by atoms with E-state index < -0.39 is 23.6 Å². The summed E-state index contributed by atoms with van der Waals surface area (Å²) in [5.41, 5.74) is 1.91. The Morgan fingerprint density at radius 2 is 1.90 bits per heavy atom. The number of hydrogen-bond acceptors (Lipinski definition) is 5. The maximum absolute atomic E-state index is 12.6. The summed E-state index contributed by atoms with van der Waals surface area (Å²) in [5.74, 6) is -0.274. The lowest BCUT2D eigenvalue weighted by Gasteiger charge is -2.08. The summed E-state index contributed by atoms with van der Waals surface area (Å²) in [6.45, 7) is 0.320. The lowest BCUT2D eigenvalue weighted by Crippen LogP contribution is -2.32. The zero-order valence-electron chi connectivity index (χ0n) is 16.0. The maximum Gasteiger partial charge on any atom is 0.416 e. The average Bonchev–Trinajstić information content (AvgIpc) is 3.40. The number of rotatable bonds is 5. The number of alkyl halides is 3. The van der Waals surface area contributed by atoms with Gasteiger partial charge in [-0.3, -0.25) is 9.59 Å². The summed E-state index contributed by atoms with van der Waals surface area (Å²) in [6.07, 6.45) is -3.63. The SMILES string of the molecule is O=C(CNC(=O)c1ccc(C(F)(F)F)cc1)Nc1nc(-c2ccc3c(c2)CCO3)cs1. The van der Waals surface area contributed by atoms with Crippen molar-refractivity contribution in [1.29, 1.82) is 0 Å². The van der Waals surface area contributed by atoms with Crippen molar-refractivity contribution < 1.29 is 27.5 Å². The number of nitrogens with zero attached hydrogens (tertiary/aromatic N) is 1. The van der Waals surface area contributed by atoms with Crippen LogP contribution in [0.2, 0.25) is 0 Å². The van der Waals surface area contributed by atoms with E-state index >= 15 is 0 Å². The van der Waals surface area contributed by atoms with E-state index in [2.05, 4.69) is 15.6 Å². The number of carbonyl (C=O) groups excluding carboxylic acids is 2. The Kier molecular flexibility index (Phi) is 5.64. The van der Waals surface area contributed by atoms with Crippen LogP contribution in [0.5, 0.6) is 5.75 Å². The van der Waals surface area contributed by atoms with Gasteiger partial charge in [-0.05, 0) is 48.0 Å². The lowest BCUT2D eigenvalue weighted by atomic mass is 10.1. The van der Waals surface area contributed by atoms with Crippen molar-refractivity contribution in [3.8, 4) is 17.0 Å². The minimum atomic E-state index is -4.48. The van der Waals surface area contributed by atoms with Crippen LogP contribution >= 0.6 is 11.3 Å². The molecule has 6 nitrogen and oxygen atoms in total. The third-order valence-electron chi connectivity index (χ3n) is 4.62. The van der Waals surface area contributed by atoms with Gasteiger partial charge in [-0.15, -0.1) is 11.3 Å².